The molecule has 29 heavy (non-hydrogen) atoms. The molecule has 0 spiro atoms. The number of likely N-dealkylation sites (tertiary alicyclic amines) is 1. The van der Waals surface area contributed by atoms with Crippen LogP contribution in [0.5, 0.6) is 0 Å². The quantitative estimate of drug-likeness (QED) is 0.305. The molecular formula is C22H32IN5O. The number of piperidine rings is 1. The van der Waals surface area contributed by atoms with Crippen molar-refractivity contribution in [1.82, 2.24) is 15.5 Å². The smallest absolute Gasteiger partial charge is 0.231 e. The molecule has 1 amide bonds. The Hall–Kier alpha value is -1.87. The predicted octanol–water partition coefficient (Wildman–Crippen LogP) is 2.51. The predicted molar refractivity (Wildman–Crippen MR) is 131 cm³/mol. The van der Waals surface area contributed by atoms with E-state index in [1.165, 1.54) is 16.3 Å². The van der Waals surface area contributed by atoms with Crippen LogP contribution in [0.25, 0.3) is 10.8 Å². The average Bonchev–Trinajstić information content (AvgIpc) is 2.69. The van der Waals surface area contributed by atoms with Crippen molar-refractivity contribution in [2.24, 2.45) is 10.7 Å². The van der Waals surface area contributed by atoms with E-state index in [1.807, 2.05) is 0 Å². The topological polar surface area (TPSA) is 82.8 Å². The van der Waals surface area contributed by atoms with Crippen molar-refractivity contribution < 1.29 is 4.79 Å². The summed E-state index contributed by atoms with van der Waals surface area (Å²) >= 11 is 0. The summed E-state index contributed by atoms with van der Waals surface area (Å²) < 4.78 is 0. The Morgan fingerprint density at radius 2 is 1.90 bits per heavy atom. The lowest BCUT2D eigenvalue weighted by Gasteiger charge is -2.32. The molecule has 1 fully saturated rings. The van der Waals surface area contributed by atoms with Crippen LogP contribution in [-0.4, -0.2) is 55.5 Å². The van der Waals surface area contributed by atoms with Gasteiger partial charge in [0, 0.05) is 32.2 Å². The minimum absolute atomic E-state index is 0. The molecule has 0 saturated carbocycles. The van der Waals surface area contributed by atoms with Crippen molar-refractivity contribution in [2.45, 2.75) is 32.2 Å². The molecular weight excluding hydrogens is 477 g/mol. The number of carbonyl (C=O) groups is 1. The van der Waals surface area contributed by atoms with Gasteiger partial charge in [-0.25, -0.2) is 0 Å². The van der Waals surface area contributed by atoms with Gasteiger partial charge in [0.25, 0.3) is 0 Å². The zero-order valence-corrected chi connectivity index (χ0v) is 19.4. The summed E-state index contributed by atoms with van der Waals surface area (Å²) in [6.45, 7) is 5.78. The van der Waals surface area contributed by atoms with Gasteiger partial charge >= 0.3 is 0 Å². The maximum atomic E-state index is 11.1. The van der Waals surface area contributed by atoms with Gasteiger partial charge in [-0.15, -0.1) is 24.0 Å². The molecule has 1 aliphatic heterocycles. The highest BCUT2D eigenvalue weighted by molar-refractivity contribution is 14.0. The van der Waals surface area contributed by atoms with Crippen LogP contribution in [0.1, 0.15) is 25.3 Å². The number of primary amides is 1. The summed E-state index contributed by atoms with van der Waals surface area (Å²) in [5.41, 5.74) is 6.62. The Bertz CT molecular complexity index is 812. The summed E-state index contributed by atoms with van der Waals surface area (Å²) in [6.07, 6.45) is 2.89. The molecule has 0 unspecified atom stereocenters. The minimum atomic E-state index is -0.255. The van der Waals surface area contributed by atoms with Crippen LogP contribution in [-0.2, 0) is 11.2 Å². The van der Waals surface area contributed by atoms with E-state index in [1.54, 1.807) is 0 Å². The van der Waals surface area contributed by atoms with E-state index in [4.69, 9.17) is 10.7 Å². The SMILES string of the molecule is CCNC(=NCCc1cccc2ccccc12)NC1CCN(CC(N)=O)CC1.I. The van der Waals surface area contributed by atoms with E-state index in [0.717, 1.165) is 51.4 Å². The Morgan fingerprint density at radius 1 is 1.17 bits per heavy atom. The summed E-state index contributed by atoms with van der Waals surface area (Å²) in [6, 6.07) is 15.3. The minimum Gasteiger partial charge on any atom is -0.369 e. The molecule has 1 heterocycles. The first-order valence-corrected chi connectivity index (χ1v) is 10.2. The van der Waals surface area contributed by atoms with E-state index in [2.05, 4.69) is 64.9 Å². The number of rotatable bonds is 7. The fourth-order valence-electron chi connectivity index (χ4n) is 3.77. The van der Waals surface area contributed by atoms with Gasteiger partial charge < -0.3 is 16.4 Å². The second-order valence-corrected chi connectivity index (χ2v) is 7.31. The monoisotopic (exact) mass is 509 g/mol. The fraction of sp³-hybridized carbons (Fsp3) is 0.455. The standard InChI is InChI=1S/C22H31N5O.HI/c1-2-24-22(26-19-11-14-27(15-12-19)16-21(23)28)25-13-10-18-8-5-7-17-6-3-4-9-20(17)18;/h3-9,19H,2,10-16H2,1H3,(H2,23,28)(H2,24,25,26);1H. The first kappa shape index (κ1) is 23.4. The Labute approximate surface area is 190 Å². The number of nitrogens with zero attached hydrogens (tertiary/aromatic N) is 2. The maximum absolute atomic E-state index is 11.1. The number of halogens is 1. The highest BCUT2D eigenvalue weighted by Gasteiger charge is 2.20. The molecule has 1 saturated heterocycles. The highest BCUT2D eigenvalue weighted by atomic mass is 127. The summed E-state index contributed by atoms with van der Waals surface area (Å²) in [7, 11) is 0. The molecule has 2 aromatic rings. The van der Waals surface area contributed by atoms with E-state index in [9.17, 15) is 4.79 Å². The number of hydrogen-bond donors (Lipinski definition) is 3. The third-order valence-corrected chi connectivity index (χ3v) is 5.18. The van der Waals surface area contributed by atoms with Crippen LogP contribution in [0.15, 0.2) is 47.5 Å². The fourth-order valence-corrected chi connectivity index (χ4v) is 3.77. The van der Waals surface area contributed by atoms with Gasteiger partial charge in [0.2, 0.25) is 5.91 Å². The van der Waals surface area contributed by atoms with Crippen molar-refractivity contribution in [3.63, 3.8) is 0 Å². The van der Waals surface area contributed by atoms with Crippen molar-refractivity contribution in [2.75, 3.05) is 32.7 Å². The van der Waals surface area contributed by atoms with Crippen molar-refractivity contribution in [1.29, 1.82) is 0 Å². The lowest BCUT2D eigenvalue weighted by atomic mass is 10.0. The number of nitrogens with two attached hydrogens (primary N) is 1. The highest BCUT2D eigenvalue weighted by Crippen LogP contribution is 2.18. The van der Waals surface area contributed by atoms with Gasteiger partial charge in [0.1, 0.15) is 0 Å². The Balaban J connectivity index is 0.00000300. The zero-order chi connectivity index (χ0) is 19.8. The molecule has 6 nitrogen and oxygen atoms in total. The normalized spacial score (nSPS) is 15.7. The van der Waals surface area contributed by atoms with Crippen LogP contribution in [0.2, 0.25) is 0 Å². The number of amides is 1. The first-order valence-electron chi connectivity index (χ1n) is 10.2. The number of hydrogen-bond acceptors (Lipinski definition) is 3. The third-order valence-electron chi connectivity index (χ3n) is 5.18. The summed E-state index contributed by atoms with van der Waals surface area (Å²) in [5.74, 6) is 0.617. The number of guanidine groups is 1. The first-order chi connectivity index (χ1) is 13.7. The van der Waals surface area contributed by atoms with Crippen LogP contribution in [0, 0.1) is 0 Å². The second kappa shape index (κ2) is 12.0. The van der Waals surface area contributed by atoms with Crippen LogP contribution in [0.3, 0.4) is 0 Å². The number of nitrogens with one attached hydrogen (secondary N) is 2. The average molecular weight is 509 g/mol. The van der Waals surface area contributed by atoms with E-state index in [-0.39, 0.29) is 29.9 Å². The van der Waals surface area contributed by atoms with E-state index in [0.29, 0.717) is 12.6 Å². The van der Waals surface area contributed by atoms with Crippen molar-refractivity contribution >= 4 is 46.6 Å². The Kier molecular flexibility index (Phi) is 9.66. The van der Waals surface area contributed by atoms with Gasteiger partial charge in [0.05, 0.1) is 6.54 Å². The number of benzene rings is 2. The number of carbonyl (C=O) groups excluding carboxylic acids is 1. The molecule has 0 radical (unpaired) electrons. The third kappa shape index (κ3) is 7.15. The van der Waals surface area contributed by atoms with Gasteiger partial charge in [-0.1, -0.05) is 42.5 Å². The number of fused-ring (bicyclic) bond motifs is 1. The molecule has 3 rings (SSSR count). The molecule has 158 valence electrons. The molecule has 4 N–H and O–H groups in total. The van der Waals surface area contributed by atoms with Gasteiger partial charge in [0.15, 0.2) is 5.96 Å². The van der Waals surface area contributed by atoms with E-state index < -0.39 is 0 Å². The summed E-state index contributed by atoms with van der Waals surface area (Å²) in [4.78, 5) is 18.0. The van der Waals surface area contributed by atoms with Crippen molar-refractivity contribution in [3.05, 3.63) is 48.0 Å². The number of aliphatic imine (C=N–C) groups is 1. The lowest BCUT2D eigenvalue weighted by molar-refractivity contribution is -0.119. The van der Waals surface area contributed by atoms with Crippen LogP contribution < -0.4 is 16.4 Å². The second-order valence-electron chi connectivity index (χ2n) is 7.31. The largest absolute Gasteiger partial charge is 0.369 e. The molecule has 0 aromatic heterocycles. The van der Waals surface area contributed by atoms with Gasteiger partial charge in [-0.3, -0.25) is 14.7 Å². The van der Waals surface area contributed by atoms with Crippen LogP contribution >= 0.6 is 24.0 Å². The van der Waals surface area contributed by atoms with Gasteiger partial charge in [-0.05, 0) is 42.5 Å². The summed E-state index contributed by atoms with van der Waals surface area (Å²) in [5, 5.41) is 9.48. The Morgan fingerprint density at radius 3 is 2.62 bits per heavy atom. The lowest BCUT2D eigenvalue weighted by Crippen LogP contribution is -2.49. The maximum Gasteiger partial charge on any atom is 0.231 e. The molecule has 2 aromatic carbocycles. The zero-order valence-electron chi connectivity index (χ0n) is 17.1. The molecule has 0 bridgehead atoms. The molecule has 0 aliphatic carbocycles. The van der Waals surface area contributed by atoms with Gasteiger partial charge in [-0.2, -0.15) is 0 Å². The molecule has 1 aliphatic rings. The van der Waals surface area contributed by atoms with Crippen LogP contribution in [0.4, 0.5) is 0 Å². The molecule has 0 atom stereocenters. The van der Waals surface area contributed by atoms with E-state index >= 15 is 0 Å². The van der Waals surface area contributed by atoms with Crippen molar-refractivity contribution in [3.8, 4) is 0 Å². The molecule has 7 heteroatoms.